The van der Waals surface area contributed by atoms with Gasteiger partial charge >= 0.3 is 33.0 Å². The van der Waals surface area contributed by atoms with Gasteiger partial charge in [-0.3, -0.25) is 0 Å². The van der Waals surface area contributed by atoms with E-state index in [0.29, 0.717) is 0 Å². The van der Waals surface area contributed by atoms with Gasteiger partial charge in [-0.25, -0.2) is 0 Å². The van der Waals surface area contributed by atoms with Crippen molar-refractivity contribution in [3.8, 4) is 0 Å². The Balaban J connectivity index is 0.000000345. The van der Waals surface area contributed by atoms with Crippen molar-refractivity contribution in [2.75, 3.05) is 6.16 Å². The van der Waals surface area contributed by atoms with Gasteiger partial charge in [0.1, 0.15) is 23.2 Å². The van der Waals surface area contributed by atoms with Gasteiger partial charge in [-0.15, -0.1) is 0 Å². The summed E-state index contributed by atoms with van der Waals surface area (Å²) < 4.78 is 59.2. The molecule has 0 aliphatic rings. The minimum absolute atomic E-state index is 1.14. The SMILES string of the molecule is CC[P+](c1ccccc1)(c1ccccc1)c1ccccc1.F[P-](F)(F)(F)(F)F. The Labute approximate surface area is 160 Å². The second-order valence-corrected chi connectivity index (χ2v) is 11.8. The second kappa shape index (κ2) is 7.50. The van der Waals surface area contributed by atoms with E-state index in [2.05, 4.69) is 97.9 Å². The van der Waals surface area contributed by atoms with E-state index in [4.69, 9.17) is 0 Å². The van der Waals surface area contributed by atoms with E-state index in [1.54, 1.807) is 0 Å². The summed E-state index contributed by atoms with van der Waals surface area (Å²) in [6, 6.07) is 33.0. The molecule has 3 aromatic carbocycles. The molecule has 28 heavy (non-hydrogen) atoms. The fourth-order valence-corrected chi connectivity index (χ4v) is 7.08. The van der Waals surface area contributed by atoms with Crippen LogP contribution in [-0.4, -0.2) is 6.16 Å². The molecule has 8 heteroatoms. The van der Waals surface area contributed by atoms with E-state index in [1.165, 1.54) is 15.9 Å². The molecule has 0 atom stereocenters. The molecule has 0 nitrogen and oxygen atoms in total. The number of benzene rings is 3. The standard InChI is InChI=1S/C20H20P.F6P/c1-2-21(18-12-6-3-7-13-18,19-14-8-4-9-15-19)20-16-10-5-11-17-20;1-7(2,3,4,5)6/h3-17H,2H2,1H3;/q+1;-1. The van der Waals surface area contributed by atoms with Crippen LogP contribution in [0.3, 0.4) is 0 Å². The Morgan fingerprint density at radius 1 is 0.536 bits per heavy atom. The minimum atomic E-state index is -10.7. The number of hydrogen-bond acceptors (Lipinski definition) is 0. The molecule has 0 aliphatic heterocycles. The summed E-state index contributed by atoms with van der Waals surface area (Å²) in [6.45, 7) is 2.32. The van der Waals surface area contributed by atoms with Crippen LogP contribution in [0.15, 0.2) is 91.0 Å². The maximum atomic E-state index is 9.87. The number of hydrogen-bond donors (Lipinski definition) is 0. The molecule has 3 aromatic rings. The van der Waals surface area contributed by atoms with Crippen LogP contribution in [0, 0.1) is 0 Å². The third-order valence-corrected chi connectivity index (χ3v) is 8.55. The molecule has 0 amide bonds. The third-order valence-electron chi connectivity index (χ3n) is 4.07. The molecule has 0 spiro atoms. The van der Waals surface area contributed by atoms with Crippen molar-refractivity contribution in [1.82, 2.24) is 0 Å². The fourth-order valence-electron chi connectivity index (χ4n) is 3.04. The van der Waals surface area contributed by atoms with E-state index >= 15 is 0 Å². The first kappa shape index (κ1) is 22.4. The Bertz CT molecular complexity index is 772. The molecule has 152 valence electrons. The van der Waals surface area contributed by atoms with Crippen LogP contribution < -0.4 is 15.9 Å². The molecular formula is C20H20F6P2. The summed E-state index contributed by atoms with van der Waals surface area (Å²) in [5.41, 5.74) is 0. The van der Waals surface area contributed by atoms with E-state index in [1.807, 2.05) is 0 Å². The van der Waals surface area contributed by atoms with Gasteiger partial charge in [-0.1, -0.05) is 54.6 Å². The molecule has 0 N–H and O–H groups in total. The van der Waals surface area contributed by atoms with Crippen LogP contribution in [0.25, 0.3) is 0 Å². The first-order valence-electron chi connectivity index (χ1n) is 8.44. The number of rotatable bonds is 4. The van der Waals surface area contributed by atoms with Crippen LogP contribution in [0.4, 0.5) is 25.2 Å². The first-order valence-corrected chi connectivity index (χ1v) is 12.4. The molecule has 0 saturated carbocycles. The normalized spacial score (nSPS) is 14.2. The Morgan fingerprint density at radius 2 is 0.750 bits per heavy atom. The molecule has 0 saturated heterocycles. The van der Waals surface area contributed by atoms with E-state index < -0.39 is 15.1 Å². The monoisotopic (exact) mass is 436 g/mol. The average Bonchev–Trinajstić information content (AvgIpc) is 2.63. The van der Waals surface area contributed by atoms with Crippen molar-refractivity contribution < 1.29 is 25.2 Å². The predicted molar refractivity (Wildman–Crippen MR) is 109 cm³/mol. The molecule has 0 radical (unpaired) electrons. The molecule has 0 fully saturated rings. The van der Waals surface area contributed by atoms with Crippen LogP contribution in [-0.2, 0) is 0 Å². The van der Waals surface area contributed by atoms with Crippen molar-refractivity contribution >= 4 is 31.0 Å². The molecule has 0 unspecified atom stereocenters. The third kappa shape index (κ3) is 6.92. The Hall–Kier alpha value is -1.90. The van der Waals surface area contributed by atoms with Gasteiger partial charge in [-0.2, -0.15) is 0 Å². The van der Waals surface area contributed by atoms with Crippen molar-refractivity contribution in [1.29, 1.82) is 0 Å². The first-order chi connectivity index (χ1) is 12.8. The van der Waals surface area contributed by atoms with Crippen molar-refractivity contribution in [3.63, 3.8) is 0 Å². The average molecular weight is 436 g/mol. The molecule has 0 aliphatic carbocycles. The molecule has 3 rings (SSSR count). The van der Waals surface area contributed by atoms with Gasteiger partial charge in [0.05, 0.1) is 6.16 Å². The van der Waals surface area contributed by atoms with Crippen LogP contribution in [0.1, 0.15) is 6.92 Å². The van der Waals surface area contributed by atoms with Gasteiger partial charge in [-0.05, 0) is 43.3 Å². The Kier molecular flexibility index (Phi) is 5.99. The van der Waals surface area contributed by atoms with Gasteiger partial charge in [0.2, 0.25) is 0 Å². The van der Waals surface area contributed by atoms with Crippen molar-refractivity contribution in [2.45, 2.75) is 6.92 Å². The quantitative estimate of drug-likeness (QED) is 0.296. The molecular weight excluding hydrogens is 416 g/mol. The van der Waals surface area contributed by atoms with Crippen LogP contribution in [0.2, 0.25) is 0 Å². The molecule has 0 bridgehead atoms. The molecule has 0 aromatic heterocycles. The Morgan fingerprint density at radius 3 is 0.929 bits per heavy atom. The van der Waals surface area contributed by atoms with Crippen molar-refractivity contribution in [3.05, 3.63) is 91.0 Å². The summed E-state index contributed by atoms with van der Waals surface area (Å²) in [6.07, 6.45) is 1.14. The summed E-state index contributed by atoms with van der Waals surface area (Å²) in [7, 11) is -12.2. The number of halogens is 6. The van der Waals surface area contributed by atoms with Crippen molar-refractivity contribution in [2.24, 2.45) is 0 Å². The topological polar surface area (TPSA) is 0 Å². The fraction of sp³-hybridized carbons (Fsp3) is 0.100. The zero-order valence-corrected chi connectivity index (χ0v) is 16.8. The molecule has 0 heterocycles. The van der Waals surface area contributed by atoms with Gasteiger partial charge in [0, 0.05) is 0 Å². The summed E-state index contributed by atoms with van der Waals surface area (Å²) in [4.78, 5) is 0. The summed E-state index contributed by atoms with van der Waals surface area (Å²) >= 11 is 0. The van der Waals surface area contributed by atoms with Gasteiger partial charge in [0.15, 0.2) is 0 Å². The van der Waals surface area contributed by atoms with E-state index in [9.17, 15) is 25.2 Å². The summed E-state index contributed by atoms with van der Waals surface area (Å²) in [5.74, 6) is 0. The summed E-state index contributed by atoms with van der Waals surface area (Å²) in [5, 5.41) is 4.39. The van der Waals surface area contributed by atoms with E-state index in [-0.39, 0.29) is 0 Å². The maximum absolute atomic E-state index is 10.7. The van der Waals surface area contributed by atoms with Crippen LogP contribution >= 0.6 is 15.1 Å². The van der Waals surface area contributed by atoms with E-state index in [0.717, 1.165) is 6.16 Å². The zero-order chi connectivity index (χ0) is 21.0. The zero-order valence-electron chi connectivity index (χ0n) is 15.0. The van der Waals surface area contributed by atoms with Gasteiger partial charge in [0.25, 0.3) is 0 Å². The van der Waals surface area contributed by atoms with Crippen LogP contribution in [0.5, 0.6) is 0 Å². The predicted octanol–water partition coefficient (Wildman–Crippen LogP) is 7.38. The van der Waals surface area contributed by atoms with Gasteiger partial charge < -0.3 is 0 Å². The second-order valence-electron chi connectivity index (χ2n) is 6.09.